The number of nitrogens with zero attached hydrogens (tertiary/aromatic N) is 2. The van der Waals surface area contributed by atoms with Crippen molar-refractivity contribution in [3.05, 3.63) is 0 Å². The first-order valence-corrected chi connectivity index (χ1v) is 3.24. The zero-order valence-electron chi connectivity index (χ0n) is 5.59. The van der Waals surface area contributed by atoms with Crippen LogP contribution in [0.3, 0.4) is 0 Å². The fraction of sp³-hybridized carbons (Fsp3) is 0.800. The number of hydrazine groups is 2. The molecule has 1 heterocycles. The van der Waals surface area contributed by atoms with Crippen LogP contribution in [0.2, 0.25) is 0 Å². The number of unbranched alkanes of at least 4 members (excludes halogenated alkanes) is 1. The second-order valence-electron chi connectivity index (χ2n) is 1.99. The van der Waals surface area contributed by atoms with E-state index >= 15 is 0 Å². The molecule has 4 heteroatoms. The molecule has 0 bridgehead atoms. The summed E-state index contributed by atoms with van der Waals surface area (Å²) in [4.78, 5) is 0. The predicted octanol–water partition coefficient (Wildman–Crippen LogP) is 0.0546. The molecule has 0 unspecified atom stereocenters. The molecule has 0 aromatic heterocycles. The summed E-state index contributed by atoms with van der Waals surface area (Å²) in [6.07, 6.45) is 4.03. The van der Waals surface area contributed by atoms with Crippen molar-refractivity contribution in [3.63, 3.8) is 0 Å². The maximum Gasteiger partial charge on any atom is 0.126 e. The van der Waals surface area contributed by atoms with Crippen LogP contribution in [-0.2, 0) is 0 Å². The minimum Gasteiger partial charge on any atom is -0.289 e. The van der Waals surface area contributed by atoms with Gasteiger partial charge in [0.1, 0.15) is 6.34 Å². The van der Waals surface area contributed by atoms with Gasteiger partial charge in [-0.05, 0) is 6.42 Å². The lowest BCUT2D eigenvalue weighted by Gasteiger charge is -2.12. The number of hydrogen-bond acceptors (Lipinski definition) is 4. The van der Waals surface area contributed by atoms with Gasteiger partial charge in [0.25, 0.3) is 0 Å². The Morgan fingerprint density at radius 1 is 1.67 bits per heavy atom. The molecular formula is C5H12N4. The quantitative estimate of drug-likeness (QED) is 0.564. The molecule has 2 N–H and O–H groups in total. The molecule has 0 aromatic rings. The van der Waals surface area contributed by atoms with Gasteiger partial charge >= 0.3 is 0 Å². The molecule has 1 rings (SSSR count). The van der Waals surface area contributed by atoms with Crippen LogP contribution < -0.4 is 11.0 Å². The van der Waals surface area contributed by atoms with Crippen molar-refractivity contribution in [1.82, 2.24) is 16.1 Å². The maximum atomic E-state index is 3.76. The lowest BCUT2D eigenvalue weighted by Crippen LogP contribution is -2.39. The molecule has 0 spiro atoms. The van der Waals surface area contributed by atoms with Crippen LogP contribution in [0.15, 0.2) is 5.10 Å². The highest BCUT2D eigenvalue weighted by molar-refractivity contribution is 5.54. The molecular weight excluding hydrogens is 116 g/mol. The number of hydrogen-bond donors (Lipinski definition) is 2. The van der Waals surface area contributed by atoms with E-state index in [1.165, 1.54) is 12.8 Å². The zero-order valence-corrected chi connectivity index (χ0v) is 5.59. The Morgan fingerprint density at radius 2 is 2.56 bits per heavy atom. The first kappa shape index (κ1) is 6.35. The van der Waals surface area contributed by atoms with E-state index in [-0.39, 0.29) is 0 Å². The maximum absolute atomic E-state index is 3.76. The summed E-state index contributed by atoms with van der Waals surface area (Å²) in [5.41, 5.74) is 5.70. The van der Waals surface area contributed by atoms with Crippen molar-refractivity contribution in [3.8, 4) is 0 Å². The lowest BCUT2D eigenvalue weighted by molar-refractivity contribution is 0.178. The van der Waals surface area contributed by atoms with Crippen LogP contribution in [-0.4, -0.2) is 18.0 Å². The number of hydrazone groups is 1. The minimum absolute atomic E-state index is 0.997. The molecule has 52 valence electrons. The summed E-state index contributed by atoms with van der Waals surface area (Å²) >= 11 is 0. The molecule has 0 aliphatic carbocycles. The van der Waals surface area contributed by atoms with Crippen LogP contribution in [0.25, 0.3) is 0 Å². The van der Waals surface area contributed by atoms with Gasteiger partial charge < -0.3 is 0 Å². The van der Waals surface area contributed by atoms with Crippen LogP contribution in [0, 0.1) is 0 Å². The summed E-state index contributed by atoms with van der Waals surface area (Å²) in [7, 11) is 0. The molecule has 0 aromatic carbocycles. The van der Waals surface area contributed by atoms with E-state index in [9.17, 15) is 0 Å². The first-order chi connectivity index (χ1) is 4.43. The van der Waals surface area contributed by atoms with Crippen molar-refractivity contribution < 1.29 is 0 Å². The van der Waals surface area contributed by atoms with Gasteiger partial charge in [0.2, 0.25) is 0 Å². The summed E-state index contributed by atoms with van der Waals surface area (Å²) in [5, 5.41) is 5.61. The van der Waals surface area contributed by atoms with Gasteiger partial charge in [-0.25, -0.2) is 5.53 Å². The molecule has 0 atom stereocenters. The van der Waals surface area contributed by atoms with Crippen LogP contribution >= 0.6 is 0 Å². The van der Waals surface area contributed by atoms with E-state index in [0.717, 1.165) is 6.54 Å². The molecule has 0 saturated heterocycles. The molecule has 4 nitrogen and oxygen atoms in total. The molecule has 1 aliphatic rings. The number of rotatable bonds is 3. The van der Waals surface area contributed by atoms with Crippen molar-refractivity contribution in [2.45, 2.75) is 19.8 Å². The molecule has 0 saturated carbocycles. The van der Waals surface area contributed by atoms with E-state index < -0.39 is 0 Å². The third kappa shape index (κ3) is 1.89. The highest BCUT2D eigenvalue weighted by Crippen LogP contribution is 1.89. The third-order valence-electron chi connectivity index (χ3n) is 1.19. The Labute approximate surface area is 54.9 Å². The standard InChI is InChI=1S/C5H12N4/c1-2-3-4-9-7-5-6-8-9/h5,8H,2-4H2,1H3,(H,6,7). The monoisotopic (exact) mass is 128 g/mol. The van der Waals surface area contributed by atoms with E-state index in [4.69, 9.17) is 0 Å². The average Bonchev–Trinajstić information content (AvgIpc) is 2.34. The van der Waals surface area contributed by atoms with E-state index in [1.54, 1.807) is 6.34 Å². The molecule has 9 heavy (non-hydrogen) atoms. The van der Waals surface area contributed by atoms with Gasteiger partial charge in [0.05, 0.1) is 0 Å². The highest BCUT2D eigenvalue weighted by atomic mass is 15.8. The smallest absolute Gasteiger partial charge is 0.126 e. The second-order valence-corrected chi connectivity index (χ2v) is 1.99. The van der Waals surface area contributed by atoms with Crippen LogP contribution in [0.4, 0.5) is 0 Å². The van der Waals surface area contributed by atoms with Gasteiger partial charge in [0, 0.05) is 6.54 Å². The zero-order chi connectivity index (χ0) is 6.53. The van der Waals surface area contributed by atoms with Crippen molar-refractivity contribution in [2.24, 2.45) is 5.10 Å². The largest absolute Gasteiger partial charge is 0.289 e. The average molecular weight is 128 g/mol. The molecule has 0 amide bonds. The van der Waals surface area contributed by atoms with Gasteiger partial charge in [0.15, 0.2) is 0 Å². The Balaban J connectivity index is 2.01. The van der Waals surface area contributed by atoms with E-state index in [0.29, 0.717) is 0 Å². The fourth-order valence-electron chi connectivity index (χ4n) is 0.657. The highest BCUT2D eigenvalue weighted by Gasteiger charge is 2.01. The minimum atomic E-state index is 0.997. The van der Waals surface area contributed by atoms with Crippen molar-refractivity contribution in [2.75, 3.05) is 6.54 Å². The summed E-state index contributed by atoms with van der Waals surface area (Å²) in [5.74, 6) is 0. The van der Waals surface area contributed by atoms with Gasteiger partial charge in [-0.1, -0.05) is 13.3 Å². The first-order valence-electron chi connectivity index (χ1n) is 3.24. The fourth-order valence-corrected chi connectivity index (χ4v) is 0.657. The summed E-state index contributed by atoms with van der Waals surface area (Å²) < 4.78 is 0. The normalized spacial score (nSPS) is 17.4. The molecule has 0 fully saturated rings. The van der Waals surface area contributed by atoms with Crippen molar-refractivity contribution in [1.29, 1.82) is 0 Å². The Kier molecular flexibility index (Phi) is 2.32. The molecule has 0 radical (unpaired) electrons. The van der Waals surface area contributed by atoms with Gasteiger partial charge in [-0.15, -0.1) is 5.12 Å². The lowest BCUT2D eigenvalue weighted by atomic mass is 10.3. The Bertz CT molecular complexity index is 93.1. The Hall–Kier alpha value is -0.770. The van der Waals surface area contributed by atoms with E-state index in [2.05, 4.69) is 23.0 Å². The Morgan fingerprint density at radius 3 is 3.11 bits per heavy atom. The second kappa shape index (κ2) is 3.29. The summed E-state index contributed by atoms with van der Waals surface area (Å²) in [6.45, 7) is 3.16. The van der Waals surface area contributed by atoms with Gasteiger partial charge in [-0.2, -0.15) is 5.10 Å². The summed E-state index contributed by atoms with van der Waals surface area (Å²) in [6, 6.07) is 0. The van der Waals surface area contributed by atoms with E-state index in [1.807, 2.05) is 5.12 Å². The number of nitrogens with one attached hydrogen (secondary N) is 2. The van der Waals surface area contributed by atoms with Gasteiger partial charge in [-0.3, -0.25) is 5.43 Å². The third-order valence-corrected chi connectivity index (χ3v) is 1.19. The van der Waals surface area contributed by atoms with Crippen LogP contribution in [0.5, 0.6) is 0 Å². The van der Waals surface area contributed by atoms with Crippen LogP contribution in [0.1, 0.15) is 19.8 Å². The SMILES string of the molecule is CCCCN1NC=NN1. The van der Waals surface area contributed by atoms with Crippen molar-refractivity contribution >= 4 is 6.34 Å². The predicted molar refractivity (Wildman–Crippen MR) is 36.4 cm³/mol. The molecule has 1 aliphatic heterocycles. The topological polar surface area (TPSA) is 39.7 Å².